The van der Waals surface area contributed by atoms with Crippen LogP contribution in [0, 0.1) is 0 Å². The van der Waals surface area contributed by atoms with Gasteiger partial charge in [0, 0.05) is 12.5 Å². The molecule has 1 aliphatic rings. The molecule has 1 aromatic rings. The van der Waals surface area contributed by atoms with Crippen molar-refractivity contribution in [3.8, 4) is 5.75 Å². The van der Waals surface area contributed by atoms with E-state index in [1.165, 1.54) is 12.8 Å². The molecule has 0 amide bonds. The van der Waals surface area contributed by atoms with Gasteiger partial charge in [-0.05, 0) is 43.6 Å². The minimum absolute atomic E-state index is 0.0331. The zero-order valence-electron chi connectivity index (χ0n) is 11.3. The van der Waals surface area contributed by atoms with Gasteiger partial charge < -0.3 is 14.7 Å². The molecule has 4 nitrogen and oxygen atoms in total. The van der Waals surface area contributed by atoms with Crippen LogP contribution in [0.5, 0.6) is 5.75 Å². The highest BCUT2D eigenvalue weighted by atomic mass is 16.5. The predicted molar refractivity (Wildman–Crippen MR) is 73.7 cm³/mol. The summed E-state index contributed by atoms with van der Waals surface area (Å²) in [6.07, 6.45) is 2.61. The summed E-state index contributed by atoms with van der Waals surface area (Å²) in [6, 6.07) is 7.75. The van der Waals surface area contributed by atoms with Gasteiger partial charge in [-0.15, -0.1) is 0 Å². The lowest BCUT2D eigenvalue weighted by Crippen LogP contribution is -2.27. The minimum atomic E-state index is -0.744. The second-order valence-electron chi connectivity index (χ2n) is 5.08. The summed E-state index contributed by atoms with van der Waals surface area (Å²) < 4.78 is 5.22. The van der Waals surface area contributed by atoms with E-state index < -0.39 is 5.97 Å². The maximum Gasteiger partial charge on any atom is 0.304 e. The Hall–Kier alpha value is -1.55. The van der Waals surface area contributed by atoms with Crippen LogP contribution in [0.15, 0.2) is 24.3 Å². The van der Waals surface area contributed by atoms with E-state index in [4.69, 9.17) is 9.84 Å². The molecule has 1 aromatic carbocycles. The van der Waals surface area contributed by atoms with Crippen LogP contribution in [0.2, 0.25) is 0 Å². The summed E-state index contributed by atoms with van der Waals surface area (Å²) in [4.78, 5) is 13.4. The molecule has 0 radical (unpaired) electrons. The van der Waals surface area contributed by atoms with Gasteiger partial charge in [-0.1, -0.05) is 12.1 Å². The van der Waals surface area contributed by atoms with Gasteiger partial charge in [0.15, 0.2) is 0 Å². The van der Waals surface area contributed by atoms with E-state index in [1.807, 2.05) is 24.3 Å². The highest BCUT2D eigenvalue weighted by molar-refractivity contribution is 5.68. The van der Waals surface area contributed by atoms with Crippen LogP contribution in [-0.2, 0) is 4.79 Å². The number of nitrogens with zero attached hydrogens (tertiary/aromatic N) is 1. The lowest BCUT2D eigenvalue weighted by atomic mass is 9.95. The molecule has 1 saturated heterocycles. The number of carboxylic acids is 1. The lowest BCUT2D eigenvalue weighted by molar-refractivity contribution is -0.137. The van der Waals surface area contributed by atoms with E-state index in [-0.39, 0.29) is 12.3 Å². The minimum Gasteiger partial charge on any atom is -0.497 e. The van der Waals surface area contributed by atoms with Crippen molar-refractivity contribution in [3.63, 3.8) is 0 Å². The maximum atomic E-state index is 11.1. The Morgan fingerprint density at radius 2 is 2.16 bits per heavy atom. The van der Waals surface area contributed by atoms with Crippen molar-refractivity contribution in [1.82, 2.24) is 4.90 Å². The zero-order valence-corrected chi connectivity index (χ0v) is 11.3. The van der Waals surface area contributed by atoms with Gasteiger partial charge in [-0.3, -0.25) is 4.79 Å². The Morgan fingerprint density at radius 1 is 1.42 bits per heavy atom. The first-order valence-electron chi connectivity index (χ1n) is 6.77. The highest BCUT2D eigenvalue weighted by Gasteiger charge is 2.21. The average molecular weight is 263 g/mol. The number of rotatable bonds is 6. The smallest absolute Gasteiger partial charge is 0.304 e. The van der Waals surface area contributed by atoms with Crippen LogP contribution in [-0.4, -0.2) is 42.7 Å². The van der Waals surface area contributed by atoms with Crippen LogP contribution in [0.3, 0.4) is 0 Å². The first-order valence-corrected chi connectivity index (χ1v) is 6.77. The van der Waals surface area contributed by atoms with E-state index >= 15 is 0 Å². The van der Waals surface area contributed by atoms with E-state index in [1.54, 1.807) is 7.11 Å². The lowest BCUT2D eigenvalue weighted by Gasteiger charge is -2.23. The molecule has 1 fully saturated rings. The number of benzene rings is 1. The normalized spacial score (nSPS) is 17.3. The average Bonchev–Trinajstić information content (AvgIpc) is 2.90. The third-order valence-corrected chi connectivity index (χ3v) is 3.66. The number of ether oxygens (including phenoxy) is 1. The van der Waals surface area contributed by atoms with Gasteiger partial charge in [0.2, 0.25) is 0 Å². The van der Waals surface area contributed by atoms with Crippen LogP contribution in [0.4, 0.5) is 0 Å². The van der Waals surface area contributed by atoms with E-state index in [9.17, 15) is 4.79 Å². The summed E-state index contributed by atoms with van der Waals surface area (Å²) in [5.41, 5.74) is 1.05. The molecule has 19 heavy (non-hydrogen) atoms. The first kappa shape index (κ1) is 13.9. The van der Waals surface area contributed by atoms with Crippen molar-refractivity contribution in [2.75, 3.05) is 26.7 Å². The Kier molecular flexibility index (Phi) is 4.80. The van der Waals surface area contributed by atoms with E-state index in [0.717, 1.165) is 30.9 Å². The van der Waals surface area contributed by atoms with Gasteiger partial charge in [-0.2, -0.15) is 0 Å². The maximum absolute atomic E-state index is 11.1. The van der Waals surface area contributed by atoms with Gasteiger partial charge in [0.1, 0.15) is 5.75 Å². The Morgan fingerprint density at radius 3 is 2.79 bits per heavy atom. The molecule has 0 bridgehead atoms. The monoisotopic (exact) mass is 263 g/mol. The molecule has 1 heterocycles. The first-order chi connectivity index (χ1) is 9.19. The fourth-order valence-electron chi connectivity index (χ4n) is 2.67. The molecule has 0 spiro atoms. The van der Waals surface area contributed by atoms with Gasteiger partial charge in [-0.25, -0.2) is 0 Å². The molecular weight excluding hydrogens is 242 g/mol. The molecule has 4 heteroatoms. The summed E-state index contributed by atoms with van der Waals surface area (Å²) in [5.74, 6) is 0.0760. The molecule has 0 aliphatic carbocycles. The number of aliphatic carboxylic acids is 1. The van der Waals surface area contributed by atoms with Gasteiger partial charge >= 0.3 is 5.97 Å². The van der Waals surface area contributed by atoms with Crippen molar-refractivity contribution in [2.24, 2.45) is 0 Å². The van der Waals surface area contributed by atoms with Gasteiger partial charge in [0.05, 0.1) is 13.5 Å². The zero-order chi connectivity index (χ0) is 13.7. The van der Waals surface area contributed by atoms with Crippen LogP contribution in [0.25, 0.3) is 0 Å². The highest BCUT2D eigenvalue weighted by Crippen LogP contribution is 2.26. The number of hydrogen-bond acceptors (Lipinski definition) is 3. The largest absolute Gasteiger partial charge is 0.497 e. The number of likely N-dealkylation sites (tertiary alicyclic amines) is 1. The quantitative estimate of drug-likeness (QED) is 0.856. The standard InChI is InChI=1S/C15H21NO3/c1-19-14-6-4-5-12(9-14)13(10-15(17)18)11-16-7-2-3-8-16/h4-6,9,13H,2-3,7-8,10-11H2,1H3,(H,17,18). The molecular formula is C15H21NO3. The molecule has 0 saturated carbocycles. The Bertz CT molecular complexity index is 427. The summed E-state index contributed by atoms with van der Waals surface area (Å²) in [7, 11) is 1.63. The number of methoxy groups -OCH3 is 1. The van der Waals surface area contributed by atoms with Gasteiger partial charge in [0.25, 0.3) is 0 Å². The molecule has 0 aromatic heterocycles. The van der Waals surface area contributed by atoms with E-state index in [0.29, 0.717) is 0 Å². The van der Waals surface area contributed by atoms with E-state index in [2.05, 4.69) is 4.90 Å². The molecule has 1 aliphatic heterocycles. The van der Waals surface area contributed by atoms with Crippen molar-refractivity contribution in [2.45, 2.75) is 25.2 Å². The second kappa shape index (κ2) is 6.57. The number of hydrogen-bond donors (Lipinski definition) is 1. The van der Waals surface area contributed by atoms with Crippen molar-refractivity contribution < 1.29 is 14.6 Å². The SMILES string of the molecule is COc1cccc(C(CC(=O)O)CN2CCCC2)c1. The van der Waals surface area contributed by atoms with Crippen LogP contribution >= 0.6 is 0 Å². The third kappa shape index (κ3) is 3.96. The third-order valence-electron chi connectivity index (χ3n) is 3.66. The molecule has 2 rings (SSSR count). The second-order valence-corrected chi connectivity index (χ2v) is 5.08. The summed E-state index contributed by atoms with van der Waals surface area (Å²) in [6.45, 7) is 2.99. The molecule has 1 N–H and O–H groups in total. The topological polar surface area (TPSA) is 49.8 Å². The predicted octanol–water partition coefficient (Wildman–Crippen LogP) is 2.35. The summed E-state index contributed by atoms with van der Waals surface area (Å²) >= 11 is 0. The van der Waals surface area contributed by atoms with Crippen molar-refractivity contribution in [1.29, 1.82) is 0 Å². The number of carbonyl (C=O) groups is 1. The number of carboxylic acid groups (broad SMARTS) is 1. The fourth-order valence-corrected chi connectivity index (χ4v) is 2.67. The molecule has 1 unspecified atom stereocenters. The van der Waals surface area contributed by atoms with Crippen LogP contribution < -0.4 is 4.74 Å². The van der Waals surface area contributed by atoms with Crippen molar-refractivity contribution in [3.05, 3.63) is 29.8 Å². The summed E-state index contributed by atoms with van der Waals surface area (Å²) in [5, 5.41) is 9.10. The van der Waals surface area contributed by atoms with Crippen LogP contribution in [0.1, 0.15) is 30.7 Å². The molecule has 104 valence electrons. The van der Waals surface area contributed by atoms with Crippen molar-refractivity contribution >= 4 is 5.97 Å². The Labute approximate surface area is 114 Å². The molecule has 1 atom stereocenters. The Balaban J connectivity index is 2.12. The fraction of sp³-hybridized carbons (Fsp3) is 0.533.